The van der Waals surface area contributed by atoms with E-state index in [4.69, 9.17) is 5.73 Å². The van der Waals surface area contributed by atoms with Crippen molar-refractivity contribution in [2.45, 2.75) is 56.9 Å². The number of rotatable bonds is 4. The highest BCUT2D eigenvalue weighted by Gasteiger charge is 2.38. The Kier molecular flexibility index (Phi) is 7.60. The molecule has 2 aliphatic rings. The second-order valence-corrected chi connectivity index (χ2v) is 8.83. The first-order valence-electron chi connectivity index (χ1n) is 11.0. The van der Waals surface area contributed by atoms with E-state index in [1.807, 2.05) is 0 Å². The Morgan fingerprint density at radius 1 is 0.909 bits per heavy atom. The molecule has 0 aromatic heterocycles. The zero-order valence-electron chi connectivity index (χ0n) is 17.9. The fraction of sp³-hybridized carbons (Fsp3) is 0.636. The summed E-state index contributed by atoms with van der Waals surface area (Å²) in [6.45, 7) is 1.05. The Morgan fingerprint density at radius 2 is 1.45 bits per heavy atom. The molecule has 1 heterocycles. The summed E-state index contributed by atoms with van der Waals surface area (Å²) in [7, 11) is 0. The molecule has 3 rings (SSSR count). The van der Waals surface area contributed by atoms with Crippen molar-refractivity contribution in [3.05, 3.63) is 34.9 Å². The van der Waals surface area contributed by atoms with Crippen LogP contribution in [0.2, 0.25) is 0 Å². The largest absolute Gasteiger partial charge is 0.416 e. The Hall–Kier alpha value is -2.30. The van der Waals surface area contributed by atoms with E-state index in [1.54, 1.807) is 4.90 Å². The quantitative estimate of drug-likeness (QED) is 0.636. The van der Waals surface area contributed by atoms with Gasteiger partial charge in [-0.25, -0.2) is 0 Å². The first kappa shape index (κ1) is 25.3. The third-order valence-electron chi connectivity index (χ3n) is 6.46. The van der Waals surface area contributed by atoms with Crippen LogP contribution in [0.3, 0.4) is 0 Å². The minimum Gasteiger partial charge on any atom is -0.352 e. The highest BCUT2D eigenvalue weighted by Crippen LogP contribution is 2.36. The number of likely N-dealkylation sites (tertiary alicyclic amines) is 1. The fourth-order valence-corrected chi connectivity index (χ4v) is 4.48. The Bertz CT molecular complexity index is 830. The van der Waals surface area contributed by atoms with E-state index >= 15 is 0 Å². The number of halogens is 6. The summed E-state index contributed by atoms with van der Waals surface area (Å²) < 4.78 is 78.0. The number of carbonyl (C=O) groups excluding carboxylic acids is 2. The molecule has 1 aromatic carbocycles. The Morgan fingerprint density at radius 3 is 1.97 bits per heavy atom. The predicted molar refractivity (Wildman–Crippen MR) is 108 cm³/mol. The SMILES string of the molecule is N[C@H]1CCCC[C@H]1C(=O)N1CCC(CNC(=O)c2cc(C(F)(F)F)cc(C(F)(F)F)c2)CC1. The van der Waals surface area contributed by atoms with Crippen LogP contribution in [0.25, 0.3) is 0 Å². The highest BCUT2D eigenvalue weighted by atomic mass is 19.4. The second-order valence-electron chi connectivity index (χ2n) is 8.83. The Labute approximate surface area is 187 Å². The van der Waals surface area contributed by atoms with Gasteiger partial charge < -0.3 is 16.0 Å². The highest BCUT2D eigenvalue weighted by molar-refractivity contribution is 5.94. The molecule has 1 aliphatic carbocycles. The number of benzene rings is 1. The average Bonchev–Trinajstić information content (AvgIpc) is 2.76. The number of nitrogens with zero attached hydrogens (tertiary/aromatic N) is 1. The van der Waals surface area contributed by atoms with Crippen molar-refractivity contribution in [3.8, 4) is 0 Å². The third-order valence-corrected chi connectivity index (χ3v) is 6.46. The van der Waals surface area contributed by atoms with E-state index in [0.717, 1.165) is 25.7 Å². The number of hydrogen-bond acceptors (Lipinski definition) is 3. The number of nitrogens with one attached hydrogen (secondary N) is 1. The number of alkyl halides is 6. The number of piperidine rings is 1. The van der Waals surface area contributed by atoms with Gasteiger partial charge in [-0.1, -0.05) is 12.8 Å². The van der Waals surface area contributed by atoms with Gasteiger partial charge in [0.15, 0.2) is 0 Å². The summed E-state index contributed by atoms with van der Waals surface area (Å²) in [5, 5.41) is 2.44. The standard InChI is InChI=1S/C22H27F6N3O2/c23-21(24,25)15-9-14(10-16(11-15)22(26,27)28)19(32)30-12-13-5-7-31(8-6-13)20(33)17-3-1-2-4-18(17)29/h9-11,13,17-18H,1-8,12,29H2,(H,30,32)/t17-,18+/m1/s1. The normalized spacial score (nSPS) is 22.8. The number of amides is 2. The predicted octanol–water partition coefficient (Wildman–Crippen LogP) is 4.21. The van der Waals surface area contributed by atoms with Gasteiger partial charge in [-0.05, 0) is 49.8 Å². The molecule has 1 saturated carbocycles. The van der Waals surface area contributed by atoms with E-state index in [2.05, 4.69) is 5.32 Å². The van der Waals surface area contributed by atoms with Gasteiger partial charge in [0.2, 0.25) is 5.91 Å². The lowest BCUT2D eigenvalue weighted by atomic mass is 9.83. The van der Waals surface area contributed by atoms with Crippen molar-refractivity contribution >= 4 is 11.8 Å². The molecule has 1 aromatic rings. The van der Waals surface area contributed by atoms with E-state index in [0.29, 0.717) is 38.1 Å². The van der Waals surface area contributed by atoms with Crippen LogP contribution in [-0.4, -0.2) is 42.4 Å². The van der Waals surface area contributed by atoms with Gasteiger partial charge in [0.05, 0.1) is 17.0 Å². The fourth-order valence-electron chi connectivity index (χ4n) is 4.48. The molecule has 11 heteroatoms. The van der Waals surface area contributed by atoms with Gasteiger partial charge in [-0.15, -0.1) is 0 Å². The van der Waals surface area contributed by atoms with Gasteiger partial charge in [0, 0.05) is 31.2 Å². The first-order chi connectivity index (χ1) is 15.4. The van der Waals surface area contributed by atoms with Gasteiger partial charge >= 0.3 is 12.4 Å². The molecular weight excluding hydrogens is 452 g/mol. The summed E-state index contributed by atoms with van der Waals surface area (Å²) in [5.74, 6) is -1.18. The van der Waals surface area contributed by atoms with Crippen LogP contribution in [0.1, 0.15) is 60.0 Å². The van der Waals surface area contributed by atoms with Crippen LogP contribution in [0.5, 0.6) is 0 Å². The van der Waals surface area contributed by atoms with Crippen LogP contribution in [0.15, 0.2) is 18.2 Å². The number of nitrogens with two attached hydrogens (primary N) is 1. The van der Waals surface area contributed by atoms with E-state index in [-0.39, 0.29) is 36.4 Å². The first-order valence-corrected chi connectivity index (χ1v) is 11.0. The monoisotopic (exact) mass is 479 g/mol. The van der Waals surface area contributed by atoms with Crippen molar-refractivity contribution in [3.63, 3.8) is 0 Å². The maximum Gasteiger partial charge on any atom is 0.416 e. The second kappa shape index (κ2) is 9.90. The molecule has 2 fully saturated rings. The lowest BCUT2D eigenvalue weighted by Crippen LogP contribution is -2.49. The Balaban J connectivity index is 1.57. The van der Waals surface area contributed by atoms with Gasteiger partial charge in [-0.2, -0.15) is 26.3 Å². The molecule has 2 atom stereocenters. The lowest BCUT2D eigenvalue weighted by molar-refractivity contribution is -0.143. The van der Waals surface area contributed by atoms with E-state index in [1.165, 1.54) is 0 Å². The van der Waals surface area contributed by atoms with Crippen LogP contribution in [0, 0.1) is 11.8 Å². The third kappa shape index (κ3) is 6.39. The van der Waals surface area contributed by atoms with Crippen molar-refractivity contribution < 1.29 is 35.9 Å². The van der Waals surface area contributed by atoms with E-state index < -0.39 is 35.0 Å². The average molecular weight is 479 g/mol. The van der Waals surface area contributed by atoms with Crippen LogP contribution in [-0.2, 0) is 17.1 Å². The molecule has 5 nitrogen and oxygen atoms in total. The van der Waals surface area contributed by atoms with Gasteiger partial charge in [-0.3, -0.25) is 9.59 Å². The summed E-state index contributed by atoms with van der Waals surface area (Å²) in [6, 6.07) is 0.678. The molecule has 184 valence electrons. The van der Waals surface area contributed by atoms with Crippen LogP contribution < -0.4 is 11.1 Å². The van der Waals surface area contributed by atoms with Crippen molar-refractivity contribution in [1.29, 1.82) is 0 Å². The minimum atomic E-state index is -5.02. The zero-order chi connectivity index (χ0) is 24.4. The maximum absolute atomic E-state index is 13.0. The maximum atomic E-state index is 13.0. The molecule has 1 aliphatic heterocycles. The topological polar surface area (TPSA) is 75.4 Å². The summed E-state index contributed by atoms with van der Waals surface area (Å²) in [4.78, 5) is 26.8. The molecule has 0 unspecified atom stereocenters. The lowest BCUT2D eigenvalue weighted by Gasteiger charge is -2.37. The van der Waals surface area contributed by atoms with Crippen molar-refractivity contribution in [2.75, 3.05) is 19.6 Å². The smallest absolute Gasteiger partial charge is 0.352 e. The van der Waals surface area contributed by atoms with Crippen molar-refractivity contribution in [2.24, 2.45) is 17.6 Å². The molecule has 0 spiro atoms. The van der Waals surface area contributed by atoms with Crippen LogP contribution >= 0.6 is 0 Å². The minimum absolute atomic E-state index is 0.0122. The van der Waals surface area contributed by atoms with Crippen LogP contribution in [0.4, 0.5) is 26.3 Å². The van der Waals surface area contributed by atoms with Gasteiger partial charge in [0.1, 0.15) is 0 Å². The number of carbonyl (C=O) groups is 2. The molecule has 3 N–H and O–H groups in total. The summed E-state index contributed by atoms with van der Waals surface area (Å²) >= 11 is 0. The molecule has 33 heavy (non-hydrogen) atoms. The molecule has 1 saturated heterocycles. The van der Waals surface area contributed by atoms with E-state index in [9.17, 15) is 35.9 Å². The zero-order valence-corrected chi connectivity index (χ0v) is 17.9. The molecule has 0 radical (unpaired) electrons. The molecule has 0 bridgehead atoms. The summed E-state index contributed by atoms with van der Waals surface area (Å²) in [6.07, 6.45) is -5.31. The van der Waals surface area contributed by atoms with Crippen molar-refractivity contribution in [1.82, 2.24) is 10.2 Å². The number of hydrogen-bond donors (Lipinski definition) is 2. The molecular formula is C22H27F6N3O2. The van der Waals surface area contributed by atoms with Gasteiger partial charge in [0.25, 0.3) is 5.91 Å². The molecule has 2 amide bonds. The summed E-state index contributed by atoms with van der Waals surface area (Å²) in [5.41, 5.74) is 2.33.